The summed E-state index contributed by atoms with van der Waals surface area (Å²) in [6.45, 7) is 16.0. The van der Waals surface area contributed by atoms with Crippen molar-refractivity contribution in [2.45, 2.75) is 111 Å². The summed E-state index contributed by atoms with van der Waals surface area (Å²) in [7, 11) is 5.53. The fourth-order valence-electron chi connectivity index (χ4n) is 6.39. The number of aliphatic carboxylic acids is 1. The van der Waals surface area contributed by atoms with Gasteiger partial charge in [0.25, 0.3) is 5.91 Å². The largest absolute Gasteiger partial charge is 0.481 e. The highest BCUT2D eigenvalue weighted by Crippen LogP contribution is 2.31. The summed E-state index contributed by atoms with van der Waals surface area (Å²) in [4.78, 5) is 61.0. The zero-order valence-corrected chi connectivity index (χ0v) is 32.8. The van der Waals surface area contributed by atoms with Gasteiger partial charge in [0.05, 0.1) is 12.0 Å². The van der Waals surface area contributed by atoms with E-state index in [-0.39, 0.29) is 59.7 Å². The van der Waals surface area contributed by atoms with E-state index in [1.165, 1.54) is 11.3 Å². The SMILES string of the molecule is CCO[C@H](C[C@H](C(C)C)N(C)C(=O)[C@@H](NC(=O)[C@@H](C(C)C)N(C)C)[C@@H](C)CC)c1nc(C(=O)N[C@@H](Cc2ccccc2)C[C@H](C)C(=O)O)cs1. The maximum absolute atomic E-state index is 14.2. The van der Waals surface area contributed by atoms with Gasteiger partial charge in [-0.25, -0.2) is 4.98 Å². The molecule has 3 N–H and O–H groups in total. The summed E-state index contributed by atoms with van der Waals surface area (Å²) in [5.41, 5.74) is 1.23. The van der Waals surface area contributed by atoms with Gasteiger partial charge in [-0.1, -0.05) is 85.2 Å². The first kappa shape index (κ1) is 42.8. The van der Waals surface area contributed by atoms with E-state index in [9.17, 15) is 24.3 Å². The predicted octanol–water partition coefficient (Wildman–Crippen LogP) is 5.66. The van der Waals surface area contributed by atoms with Gasteiger partial charge in [-0.05, 0) is 57.2 Å². The number of ether oxygens (including phenoxy) is 1. The van der Waals surface area contributed by atoms with Crippen LogP contribution in [0.2, 0.25) is 0 Å². The van der Waals surface area contributed by atoms with Gasteiger partial charge >= 0.3 is 5.97 Å². The Bertz CT molecular complexity index is 1360. The zero-order chi connectivity index (χ0) is 37.7. The zero-order valence-electron chi connectivity index (χ0n) is 31.9. The smallest absolute Gasteiger partial charge is 0.306 e. The van der Waals surface area contributed by atoms with E-state index < -0.39 is 30.1 Å². The van der Waals surface area contributed by atoms with Crippen LogP contribution in [0.4, 0.5) is 0 Å². The third kappa shape index (κ3) is 12.5. The number of thiazole rings is 1. The van der Waals surface area contributed by atoms with Gasteiger partial charge in [-0.2, -0.15) is 0 Å². The molecule has 12 heteroatoms. The number of carbonyl (C=O) groups excluding carboxylic acids is 3. The van der Waals surface area contributed by atoms with Crippen LogP contribution in [0.5, 0.6) is 0 Å². The third-order valence-electron chi connectivity index (χ3n) is 9.42. The Morgan fingerprint density at radius 1 is 0.920 bits per heavy atom. The number of benzene rings is 1. The summed E-state index contributed by atoms with van der Waals surface area (Å²) in [5, 5.41) is 18.0. The molecular weight excluding hydrogens is 655 g/mol. The Morgan fingerprint density at radius 3 is 2.08 bits per heavy atom. The Hall–Kier alpha value is -3.35. The Balaban J connectivity index is 2.30. The van der Waals surface area contributed by atoms with Crippen LogP contribution in [-0.2, 0) is 25.5 Å². The molecule has 1 aromatic heterocycles. The Kier molecular flexibility index (Phi) is 17.5. The number of carboxylic acid groups (broad SMARTS) is 1. The first-order valence-electron chi connectivity index (χ1n) is 17.9. The highest BCUT2D eigenvalue weighted by molar-refractivity contribution is 7.09. The van der Waals surface area contributed by atoms with Crippen molar-refractivity contribution in [2.24, 2.45) is 23.7 Å². The molecule has 0 unspecified atom stereocenters. The number of rotatable bonds is 21. The summed E-state index contributed by atoms with van der Waals surface area (Å²) in [6, 6.07) is 7.95. The second-order valence-corrected chi connectivity index (χ2v) is 15.3. The average Bonchev–Trinajstić information content (AvgIpc) is 3.55. The van der Waals surface area contributed by atoms with Crippen molar-refractivity contribution in [2.75, 3.05) is 27.7 Å². The van der Waals surface area contributed by atoms with Crippen molar-refractivity contribution in [3.63, 3.8) is 0 Å². The Morgan fingerprint density at radius 2 is 1.56 bits per heavy atom. The highest BCUT2D eigenvalue weighted by atomic mass is 32.1. The van der Waals surface area contributed by atoms with Crippen LogP contribution in [0.15, 0.2) is 35.7 Å². The van der Waals surface area contributed by atoms with Crippen LogP contribution in [0.3, 0.4) is 0 Å². The summed E-state index contributed by atoms with van der Waals surface area (Å²) in [6.07, 6.45) is 1.46. The highest BCUT2D eigenvalue weighted by Gasteiger charge is 2.37. The van der Waals surface area contributed by atoms with Crippen molar-refractivity contribution >= 4 is 35.0 Å². The van der Waals surface area contributed by atoms with Crippen molar-refractivity contribution < 1.29 is 29.0 Å². The normalized spacial score (nSPS) is 16.0. The van der Waals surface area contributed by atoms with E-state index in [1.807, 2.05) is 83.9 Å². The lowest BCUT2D eigenvalue weighted by Gasteiger charge is -2.38. The fraction of sp³-hybridized carbons (Fsp3) is 0.658. The second-order valence-electron chi connectivity index (χ2n) is 14.4. The number of carboxylic acids is 1. The van der Waals surface area contributed by atoms with Gasteiger partial charge < -0.3 is 25.4 Å². The van der Waals surface area contributed by atoms with E-state index in [0.29, 0.717) is 24.5 Å². The standard InChI is InChI=1S/C38H61N5O6S/c1-12-25(7)32(41-35(45)33(24(5)6)42(9)10)37(46)43(11)30(23(3)4)21-31(49-13-2)36-40-29(22-50-36)34(44)39-28(19-26(8)38(47)48)20-27-17-15-14-16-18-27/h14-18,22-26,28,30-33H,12-13,19-21H2,1-11H3,(H,39,44)(H,41,45)(H,47,48)/t25-,26-,28+,30+,31+,32-,33+/m0/s1. The molecule has 2 rings (SSSR count). The molecule has 7 atom stereocenters. The van der Waals surface area contributed by atoms with Gasteiger partial charge in [0.15, 0.2) is 0 Å². The monoisotopic (exact) mass is 715 g/mol. The summed E-state index contributed by atoms with van der Waals surface area (Å²) in [5.74, 6) is -2.20. The summed E-state index contributed by atoms with van der Waals surface area (Å²) >= 11 is 1.33. The number of nitrogens with one attached hydrogen (secondary N) is 2. The molecule has 50 heavy (non-hydrogen) atoms. The quantitative estimate of drug-likeness (QED) is 0.150. The van der Waals surface area contributed by atoms with Gasteiger partial charge in [0.2, 0.25) is 11.8 Å². The first-order valence-corrected chi connectivity index (χ1v) is 18.8. The number of amides is 3. The maximum Gasteiger partial charge on any atom is 0.306 e. The lowest BCUT2D eigenvalue weighted by molar-refractivity contribution is -0.141. The molecule has 0 spiro atoms. The Labute approximate surface area is 303 Å². The van der Waals surface area contributed by atoms with Crippen LogP contribution in [0.25, 0.3) is 0 Å². The average molecular weight is 716 g/mol. The lowest BCUT2D eigenvalue weighted by atomic mass is 9.92. The van der Waals surface area contributed by atoms with Crippen LogP contribution in [0, 0.1) is 23.7 Å². The number of aromatic nitrogens is 1. The first-order chi connectivity index (χ1) is 23.5. The number of likely N-dealkylation sites (N-methyl/N-ethyl adjacent to an activating group) is 2. The van der Waals surface area contributed by atoms with Gasteiger partial charge in [0.1, 0.15) is 22.8 Å². The molecule has 0 fully saturated rings. The number of hydrogen-bond donors (Lipinski definition) is 3. The molecular formula is C38H61N5O6S. The van der Waals surface area contributed by atoms with E-state index in [0.717, 1.165) is 12.0 Å². The fourth-order valence-corrected chi connectivity index (χ4v) is 7.25. The molecule has 280 valence electrons. The number of nitrogens with zero attached hydrogens (tertiary/aromatic N) is 3. The molecule has 0 aliphatic carbocycles. The minimum Gasteiger partial charge on any atom is -0.481 e. The van der Waals surface area contributed by atoms with E-state index in [2.05, 4.69) is 29.5 Å². The third-order valence-corrected chi connectivity index (χ3v) is 10.4. The maximum atomic E-state index is 14.2. The molecule has 1 aromatic carbocycles. The van der Waals surface area contributed by atoms with Crippen LogP contribution in [-0.4, -0.2) is 95.5 Å². The minimum atomic E-state index is -0.915. The molecule has 0 aliphatic rings. The van der Waals surface area contributed by atoms with Crippen molar-refractivity contribution in [1.82, 2.24) is 25.4 Å². The number of carbonyl (C=O) groups is 4. The van der Waals surface area contributed by atoms with Crippen molar-refractivity contribution in [3.05, 3.63) is 52.0 Å². The van der Waals surface area contributed by atoms with E-state index >= 15 is 0 Å². The minimum absolute atomic E-state index is 0.0584. The van der Waals surface area contributed by atoms with Crippen LogP contribution >= 0.6 is 11.3 Å². The summed E-state index contributed by atoms with van der Waals surface area (Å²) < 4.78 is 6.19. The molecule has 0 saturated heterocycles. The molecule has 3 amide bonds. The van der Waals surface area contributed by atoms with Crippen LogP contribution in [0.1, 0.15) is 102 Å². The molecule has 0 bridgehead atoms. The van der Waals surface area contributed by atoms with E-state index in [4.69, 9.17) is 4.74 Å². The molecule has 2 aromatic rings. The topological polar surface area (TPSA) is 141 Å². The molecule has 1 heterocycles. The molecule has 0 saturated carbocycles. The van der Waals surface area contributed by atoms with E-state index in [1.54, 1.807) is 24.3 Å². The van der Waals surface area contributed by atoms with Gasteiger partial charge in [-0.15, -0.1) is 11.3 Å². The van der Waals surface area contributed by atoms with Crippen molar-refractivity contribution in [3.8, 4) is 0 Å². The molecule has 0 radical (unpaired) electrons. The predicted molar refractivity (Wildman–Crippen MR) is 199 cm³/mol. The lowest BCUT2D eigenvalue weighted by Crippen LogP contribution is -2.58. The number of hydrogen-bond acceptors (Lipinski definition) is 8. The van der Waals surface area contributed by atoms with Gasteiger partial charge in [-0.3, -0.25) is 24.1 Å². The van der Waals surface area contributed by atoms with Crippen LogP contribution < -0.4 is 10.6 Å². The second kappa shape index (κ2) is 20.5. The molecule has 11 nitrogen and oxygen atoms in total. The van der Waals surface area contributed by atoms with Gasteiger partial charge in [0, 0.05) is 37.5 Å². The van der Waals surface area contributed by atoms with Crippen molar-refractivity contribution in [1.29, 1.82) is 0 Å². The molecule has 0 aliphatic heterocycles.